The van der Waals surface area contributed by atoms with E-state index in [4.69, 9.17) is 14.2 Å². The average Bonchev–Trinajstić information content (AvgIpc) is 3.03. The molecule has 134 valence electrons. The van der Waals surface area contributed by atoms with Crippen molar-refractivity contribution >= 4 is 29.9 Å². The van der Waals surface area contributed by atoms with Crippen molar-refractivity contribution in [3.8, 4) is 11.5 Å². The fraction of sp³-hybridized carbons (Fsp3) is 0.562. The van der Waals surface area contributed by atoms with Crippen LogP contribution in [0.15, 0.2) is 23.2 Å². The number of benzene rings is 1. The molecule has 1 fully saturated rings. The molecule has 1 aromatic rings. The number of nitrogens with one attached hydrogen (secondary N) is 2. The molecule has 1 unspecified atom stereocenters. The maximum atomic E-state index is 5.74. The molecule has 0 bridgehead atoms. The lowest BCUT2D eigenvalue weighted by Gasteiger charge is -2.30. The molecule has 0 aromatic heterocycles. The molecule has 2 heterocycles. The minimum absolute atomic E-state index is 0. The van der Waals surface area contributed by atoms with Crippen LogP contribution in [0.5, 0.6) is 11.5 Å². The summed E-state index contributed by atoms with van der Waals surface area (Å²) in [5.41, 5.74) is 1.12. The van der Waals surface area contributed by atoms with Gasteiger partial charge in [-0.15, -0.1) is 24.0 Å². The third kappa shape index (κ3) is 5.12. The Labute approximate surface area is 159 Å². The molecule has 2 aliphatic rings. The first kappa shape index (κ1) is 19.1. The minimum Gasteiger partial charge on any atom is -0.454 e. The summed E-state index contributed by atoms with van der Waals surface area (Å²) in [4.78, 5) is 6.52. The highest BCUT2D eigenvalue weighted by Gasteiger charge is 2.18. The second-order valence-corrected chi connectivity index (χ2v) is 5.75. The van der Waals surface area contributed by atoms with Crippen molar-refractivity contribution in [1.29, 1.82) is 0 Å². The molecule has 2 aliphatic heterocycles. The Morgan fingerprint density at radius 2 is 2.12 bits per heavy atom. The zero-order valence-electron chi connectivity index (χ0n) is 14.1. The zero-order valence-corrected chi connectivity index (χ0v) is 16.4. The lowest BCUT2D eigenvalue weighted by atomic mass is 10.2. The Morgan fingerprint density at radius 1 is 1.29 bits per heavy atom. The van der Waals surface area contributed by atoms with Gasteiger partial charge in [-0.3, -0.25) is 4.99 Å². The summed E-state index contributed by atoms with van der Waals surface area (Å²) in [5.74, 6) is 2.36. The van der Waals surface area contributed by atoms with Gasteiger partial charge in [-0.25, -0.2) is 0 Å². The first-order valence-corrected chi connectivity index (χ1v) is 7.88. The zero-order chi connectivity index (χ0) is 16.1. The van der Waals surface area contributed by atoms with E-state index in [1.807, 2.05) is 18.2 Å². The Kier molecular flexibility index (Phi) is 7.38. The summed E-state index contributed by atoms with van der Waals surface area (Å²) < 4.78 is 16.4. The van der Waals surface area contributed by atoms with Crippen molar-refractivity contribution in [2.75, 3.05) is 47.1 Å². The largest absolute Gasteiger partial charge is 0.454 e. The van der Waals surface area contributed by atoms with Crippen LogP contribution in [0.3, 0.4) is 0 Å². The summed E-state index contributed by atoms with van der Waals surface area (Å²) in [5, 5.41) is 6.61. The lowest BCUT2D eigenvalue weighted by Crippen LogP contribution is -2.48. The first-order chi connectivity index (χ1) is 11.2. The van der Waals surface area contributed by atoms with Crippen LogP contribution in [-0.4, -0.2) is 64.1 Å². The molecule has 3 rings (SSSR count). The van der Waals surface area contributed by atoms with Crippen LogP contribution in [0.25, 0.3) is 0 Å². The molecule has 2 N–H and O–H groups in total. The second-order valence-electron chi connectivity index (χ2n) is 5.75. The molecule has 8 heteroatoms. The van der Waals surface area contributed by atoms with Crippen molar-refractivity contribution < 1.29 is 14.2 Å². The molecular weight excluding hydrogens is 423 g/mol. The molecule has 0 radical (unpaired) electrons. The van der Waals surface area contributed by atoms with Crippen molar-refractivity contribution in [2.24, 2.45) is 4.99 Å². The lowest BCUT2D eigenvalue weighted by molar-refractivity contribution is -0.0161. The number of morpholine rings is 1. The van der Waals surface area contributed by atoms with Crippen LogP contribution in [0.4, 0.5) is 0 Å². The molecule has 24 heavy (non-hydrogen) atoms. The number of hydrogen-bond acceptors (Lipinski definition) is 5. The van der Waals surface area contributed by atoms with Gasteiger partial charge < -0.3 is 29.7 Å². The van der Waals surface area contributed by atoms with Crippen LogP contribution in [0.2, 0.25) is 0 Å². The van der Waals surface area contributed by atoms with Crippen molar-refractivity contribution in [2.45, 2.75) is 12.6 Å². The highest BCUT2D eigenvalue weighted by molar-refractivity contribution is 14.0. The Balaban J connectivity index is 0.00000208. The normalized spacial score (nSPS) is 20.4. The highest BCUT2D eigenvalue weighted by atomic mass is 127. The van der Waals surface area contributed by atoms with E-state index in [1.165, 1.54) is 0 Å². The topological polar surface area (TPSA) is 67.4 Å². The molecule has 1 atom stereocenters. The minimum atomic E-state index is 0. The van der Waals surface area contributed by atoms with Gasteiger partial charge in [0.15, 0.2) is 17.5 Å². The van der Waals surface area contributed by atoms with Crippen LogP contribution in [0, 0.1) is 0 Å². The summed E-state index contributed by atoms with van der Waals surface area (Å²) in [7, 11) is 3.88. The van der Waals surface area contributed by atoms with E-state index in [9.17, 15) is 0 Å². The number of nitrogens with zero attached hydrogens (tertiary/aromatic N) is 2. The third-order valence-electron chi connectivity index (χ3n) is 3.96. The van der Waals surface area contributed by atoms with Crippen molar-refractivity contribution in [3.05, 3.63) is 23.8 Å². The molecule has 1 saturated heterocycles. The number of ether oxygens (including phenoxy) is 3. The Morgan fingerprint density at radius 3 is 2.92 bits per heavy atom. The molecule has 0 spiro atoms. The summed E-state index contributed by atoms with van der Waals surface area (Å²) in [6.07, 6.45) is 0.192. The summed E-state index contributed by atoms with van der Waals surface area (Å²) in [6.45, 7) is 4.42. The standard InChI is InChI=1S/C16H24N4O3.HI/c1-17-16(19-9-13-10-20(2)5-6-21-13)18-8-12-3-4-14-15(7-12)23-11-22-14;/h3-4,7,13H,5-6,8-11H2,1-2H3,(H2,17,18,19);1H. The Hall–Kier alpha value is -1.26. The van der Waals surface area contributed by atoms with Gasteiger partial charge in [-0.05, 0) is 24.7 Å². The van der Waals surface area contributed by atoms with Gasteiger partial charge in [0.25, 0.3) is 0 Å². The number of fused-ring (bicyclic) bond motifs is 1. The van der Waals surface area contributed by atoms with Gasteiger partial charge in [0.05, 0.1) is 12.7 Å². The number of hydrogen-bond donors (Lipinski definition) is 2. The number of rotatable bonds is 4. The Bertz CT molecular complexity index is 570. The van der Waals surface area contributed by atoms with E-state index in [0.717, 1.165) is 49.3 Å². The molecule has 0 aliphatic carbocycles. The van der Waals surface area contributed by atoms with Gasteiger partial charge in [-0.1, -0.05) is 6.07 Å². The van der Waals surface area contributed by atoms with Crippen LogP contribution in [0.1, 0.15) is 5.56 Å². The number of likely N-dealkylation sites (N-methyl/N-ethyl adjacent to an activating group) is 1. The van der Waals surface area contributed by atoms with Gasteiger partial charge in [0, 0.05) is 33.2 Å². The quantitative estimate of drug-likeness (QED) is 0.408. The molecule has 1 aromatic carbocycles. The monoisotopic (exact) mass is 448 g/mol. The van der Waals surface area contributed by atoms with E-state index < -0.39 is 0 Å². The van der Waals surface area contributed by atoms with Gasteiger partial charge >= 0.3 is 0 Å². The first-order valence-electron chi connectivity index (χ1n) is 7.88. The number of halogens is 1. The van der Waals surface area contributed by atoms with E-state index in [1.54, 1.807) is 7.05 Å². The van der Waals surface area contributed by atoms with Crippen LogP contribution < -0.4 is 20.1 Å². The van der Waals surface area contributed by atoms with Crippen molar-refractivity contribution in [3.63, 3.8) is 0 Å². The van der Waals surface area contributed by atoms with Crippen molar-refractivity contribution in [1.82, 2.24) is 15.5 Å². The second kappa shape index (κ2) is 9.28. The highest BCUT2D eigenvalue weighted by Crippen LogP contribution is 2.32. The third-order valence-corrected chi connectivity index (χ3v) is 3.96. The fourth-order valence-corrected chi connectivity index (χ4v) is 2.66. The average molecular weight is 448 g/mol. The van der Waals surface area contributed by atoms with Crippen LogP contribution in [-0.2, 0) is 11.3 Å². The smallest absolute Gasteiger partial charge is 0.231 e. The molecule has 0 saturated carbocycles. The summed E-state index contributed by atoms with van der Waals surface area (Å²) >= 11 is 0. The summed E-state index contributed by atoms with van der Waals surface area (Å²) in [6, 6.07) is 5.94. The van der Waals surface area contributed by atoms with E-state index in [2.05, 4.69) is 27.6 Å². The SMILES string of the molecule is CN=C(NCc1ccc2c(c1)OCO2)NCC1CN(C)CCO1.I. The predicted octanol–water partition coefficient (Wildman–Crippen LogP) is 1.03. The fourth-order valence-electron chi connectivity index (χ4n) is 2.66. The molecular formula is C16H25IN4O3. The number of aliphatic imine (C=N–C) groups is 1. The van der Waals surface area contributed by atoms with Gasteiger partial charge in [-0.2, -0.15) is 0 Å². The maximum absolute atomic E-state index is 5.74. The predicted molar refractivity (Wildman–Crippen MR) is 103 cm³/mol. The maximum Gasteiger partial charge on any atom is 0.231 e. The van der Waals surface area contributed by atoms with Gasteiger partial charge in [0.2, 0.25) is 6.79 Å². The number of guanidine groups is 1. The molecule has 7 nitrogen and oxygen atoms in total. The van der Waals surface area contributed by atoms with E-state index in [0.29, 0.717) is 13.3 Å². The van der Waals surface area contributed by atoms with Gasteiger partial charge in [0.1, 0.15) is 0 Å². The van der Waals surface area contributed by atoms with Crippen LogP contribution >= 0.6 is 24.0 Å². The van der Waals surface area contributed by atoms with E-state index in [-0.39, 0.29) is 30.1 Å². The van der Waals surface area contributed by atoms with E-state index >= 15 is 0 Å². The molecule has 0 amide bonds.